The lowest BCUT2D eigenvalue weighted by Gasteiger charge is -2.26. The molecule has 0 fully saturated rings. The minimum atomic E-state index is -4.26. The topological polar surface area (TPSA) is 253 Å². The number of aliphatic hydroxyl groups excluding tert-OH is 5. The molecule has 0 aliphatic carbocycles. The van der Waals surface area contributed by atoms with Crippen LogP contribution in [0.4, 0.5) is 0 Å². The molecule has 1 aromatic heterocycles. The molecule has 0 amide bonds. The number of pyridine rings is 1. The lowest BCUT2D eigenvalue weighted by Crippen LogP contribution is -2.48. The summed E-state index contributed by atoms with van der Waals surface area (Å²) < 4.78 is 33.5. The standard InChI is InChI=1S/C25H30N2O9S.C5H14BNO2/c28-14-20(29)23(31)24(32)21(30)15-36-25(33)19(12-10-16-6-2-1-3-7-16)27-37(34,35)22-13-11-17-8-4-5-9-18(17)26-22;1-4(2)3-5(7)6(8)9/h1-9,11,13,19-21,23-24,27-32H,10,12,14-15H2;4-5,8-9H,3,7H2,1-2H3/t19-,20+,21+,23+,24+;5-/m00/s1. The van der Waals surface area contributed by atoms with Crippen LogP contribution < -0.4 is 10.5 Å². The van der Waals surface area contributed by atoms with Crippen LogP contribution in [0.2, 0.25) is 0 Å². The van der Waals surface area contributed by atoms with Gasteiger partial charge < -0.3 is 46.1 Å². The number of carbonyl (C=O) groups is 1. The zero-order chi connectivity index (χ0) is 34.4. The van der Waals surface area contributed by atoms with Crippen molar-refractivity contribution in [2.45, 2.75) is 74.5 Å². The zero-order valence-corrected chi connectivity index (χ0v) is 26.5. The molecule has 0 unspecified atom stereocenters. The molecular weight excluding hydrogens is 621 g/mol. The van der Waals surface area contributed by atoms with E-state index in [-0.39, 0.29) is 11.4 Å². The summed E-state index contributed by atoms with van der Waals surface area (Å²) in [6, 6.07) is 17.5. The maximum absolute atomic E-state index is 13.1. The second-order valence-electron chi connectivity index (χ2n) is 11.2. The monoisotopic (exact) mass is 665 g/mol. The molecule has 0 bridgehead atoms. The lowest BCUT2D eigenvalue weighted by molar-refractivity contribution is -0.158. The molecule has 6 atom stereocenters. The average Bonchev–Trinajstić information content (AvgIpc) is 3.04. The van der Waals surface area contributed by atoms with Crippen molar-refractivity contribution in [3.63, 3.8) is 0 Å². The van der Waals surface area contributed by atoms with Crippen molar-refractivity contribution in [3.05, 3.63) is 72.3 Å². The summed E-state index contributed by atoms with van der Waals surface area (Å²) in [6.07, 6.45) is -6.38. The van der Waals surface area contributed by atoms with E-state index in [2.05, 4.69) is 9.71 Å². The number of hydrogen-bond donors (Lipinski definition) is 9. The summed E-state index contributed by atoms with van der Waals surface area (Å²) in [7, 11) is -5.63. The van der Waals surface area contributed by atoms with Gasteiger partial charge in [-0.2, -0.15) is 4.72 Å². The molecule has 0 radical (unpaired) electrons. The molecule has 0 aliphatic rings. The smallest absolute Gasteiger partial charge is 0.462 e. The molecule has 1 heterocycles. The number of aliphatic hydroxyl groups is 5. The first-order valence-electron chi connectivity index (χ1n) is 14.7. The summed E-state index contributed by atoms with van der Waals surface area (Å²) in [5, 5.41) is 65.5. The van der Waals surface area contributed by atoms with Crippen LogP contribution in [0.3, 0.4) is 0 Å². The fourth-order valence-electron chi connectivity index (χ4n) is 4.22. The van der Waals surface area contributed by atoms with Gasteiger partial charge in [-0.15, -0.1) is 0 Å². The molecular formula is C30H44BN3O11S. The Hall–Kier alpha value is -3.03. The molecule has 254 valence electrons. The molecule has 0 spiro atoms. The Morgan fingerprint density at radius 1 is 0.935 bits per heavy atom. The van der Waals surface area contributed by atoms with E-state index in [1.165, 1.54) is 6.07 Å². The SMILES string of the molecule is CC(C)C[C@H](N)B(O)O.O=C(OC[C@@H](O)[C@@H](O)[C@H](O)[C@H](O)CO)[C@H](CCc1ccccc1)NS(=O)(=O)c1ccc2ccccc2n1. The fourth-order valence-corrected chi connectivity index (χ4v) is 5.40. The highest BCUT2D eigenvalue weighted by atomic mass is 32.2. The molecule has 0 saturated heterocycles. The number of benzene rings is 2. The van der Waals surface area contributed by atoms with Crippen molar-refractivity contribution in [3.8, 4) is 0 Å². The van der Waals surface area contributed by atoms with E-state index in [0.717, 1.165) is 10.9 Å². The number of sulfonamides is 1. The minimum Gasteiger partial charge on any atom is -0.462 e. The highest BCUT2D eigenvalue weighted by molar-refractivity contribution is 7.89. The molecule has 10 N–H and O–H groups in total. The van der Waals surface area contributed by atoms with Gasteiger partial charge in [-0.05, 0) is 48.9 Å². The van der Waals surface area contributed by atoms with Gasteiger partial charge in [0.1, 0.15) is 37.1 Å². The molecule has 16 heteroatoms. The number of nitrogens with zero attached hydrogens (tertiary/aromatic N) is 1. The number of para-hydroxylation sites is 1. The molecule has 0 saturated carbocycles. The van der Waals surface area contributed by atoms with Crippen LogP contribution in [0.1, 0.15) is 32.3 Å². The van der Waals surface area contributed by atoms with Crippen LogP contribution in [-0.4, -0.2) is 112 Å². The summed E-state index contributed by atoms with van der Waals surface area (Å²) in [4.78, 5) is 17.0. The number of aryl methyl sites for hydroxylation is 1. The second-order valence-corrected chi connectivity index (χ2v) is 12.8. The number of nitrogens with two attached hydrogens (primary N) is 1. The van der Waals surface area contributed by atoms with E-state index in [1.54, 1.807) is 42.5 Å². The van der Waals surface area contributed by atoms with Gasteiger partial charge in [-0.3, -0.25) is 4.79 Å². The third-order valence-corrected chi connectivity index (χ3v) is 8.22. The van der Waals surface area contributed by atoms with E-state index < -0.39 is 72.7 Å². The number of nitrogens with one attached hydrogen (secondary N) is 1. The average molecular weight is 666 g/mol. The van der Waals surface area contributed by atoms with E-state index in [0.29, 0.717) is 24.3 Å². The Kier molecular flexibility index (Phi) is 16.1. The van der Waals surface area contributed by atoms with Crippen molar-refractivity contribution < 1.29 is 53.5 Å². The Balaban J connectivity index is 0.000000713. The Bertz CT molecular complexity index is 1450. The Labute approximate surface area is 268 Å². The van der Waals surface area contributed by atoms with Gasteiger partial charge in [0.2, 0.25) is 0 Å². The Morgan fingerprint density at radius 2 is 1.54 bits per heavy atom. The first kappa shape index (κ1) is 39.2. The number of carbonyl (C=O) groups excluding carboxylic acids is 1. The number of hydrogen-bond acceptors (Lipinski definition) is 13. The highest BCUT2D eigenvalue weighted by Gasteiger charge is 2.33. The van der Waals surface area contributed by atoms with Gasteiger partial charge >= 0.3 is 13.1 Å². The molecule has 3 aromatic rings. The van der Waals surface area contributed by atoms with Crippen molar-refractivity contribution in [1.82, 2.24) is 9.71 Å². The number of esters is 1. The van der Waals surface area contributed by atoms with Crippen molar-refractivity contribution in [2.75, 3.05) is 13.2 Å². The van der Waals surface area contributed by atoms with Gasteiger partial charge in [0, 0.05) is 11.3 Å². The zero-order valence-electron chi connectivity index (χ0n) is 25.7. The molecule has 3 rings (SSSR count). The Morgan fingerprint density at radius 3 is 2.13 bits per heavy atom. The van der Waals surface area contributed by atoms with Crippen LogP contribution in [-0.2, 0) is 26.0 Å². The third kappa shape index (κ3) is 12.6. The number of fused-ring (bicyclic) bond motifs is 1. The normalized spacial score (nSPS) is 15.6. The first-order chi connectivity index (χ1) is 21.7. The number of rotatable bonds is 16. The maximum Gasteiger partial charge on any atom is 0.469 e. The van der Waals surface area contributed by atoms with E-state index in [1.807, 2.05) is 32.0 Å². The quantitative estimate of drug-likeness (QED) is 0.0649. The van der Waals surface area contributed by atoms with Crippen molar-refractivity contribution in [2.24, 2.45) is 11.7 Å². The number of aromatic nitrogens is 1. The summed E-state index contributed by atoms with van der Waals surface area (Å²) in [6.45, 7) is 2.31. The maximum atomic E-state index is 13.1. The van der Waals surface area contributed by atoms with Gasteiger partial charge in [0.05, 0.1) is 12.1 Å². The van der Waals surface area contributed by atoms with Crippen LogP contribution >= 0.6 is 0 Å². The van der Waals surface area contributed by atoms with Gasteiger partial charge in [0.15, 0.2) is 5.03 Å². The van der Waals surface area contributed by atoms with Gasteiger partial charge in [-0.1, -0.05) is 62.4 Å². The lowest BCUT2D eigenvalue weighted by atomic mass is 9.76. The van der Waals surface area contributed by atoms with Crippen molar-refractivity contribution in [1.29, 1.82) is 0 Å². The second kappa shape index (κ2) is 19.0. The molecule has 46 heavy (non-hydrogen) atoms. The minimum absolute atomic E-state index is 0.0140. The third-order valence-electron chi connectivity index (χ3n) is 6.84. The summed E-state index contributed by atoms with van der Waals surface area (Å²) in [5.41, 5.74) is 6.62. The largest absolute Gasteiger partial charge is 0.469 e. The summed E-state index contributed by atoms with van der Waals surface area (Å²) in [5.74, 6) is -1.10. The van der Waals surface area contributed by atoms with Crippen LogP contribution in [0.15, 0.2) is 71.8 Å². The predicted molar refractivity (Wildman–Crippen MR) is 170 cm³/mol. The fraction of sp³-hybridized carbons (Fsp3) is 0.467. The van der Waals surface area contributed by atoms with E-state index in [4.69, 9.17) is 25.6 Å². The van der Waals surface area contributed by atoms with Gasteiger partial charge in [0.25, 0.3) is 10.0 Å². The first-order valence-corrected chi connectivity index (χ1v) is 16.2. The predicted octanol–water partition coefficient (Wildman–Crippen LogP) is -1.13. The molecule has 0 aliphatic heterocycles. The number of ether oxygens (including phenoxy) is 1. The van der Waals surface area contributed by atoms with Crippen molar-refractivity contribution >= 4 is 34.0 Å². The van der Waals surface area contributed by atoms with Crippen LogP contribution in [0, 0.1) is 5.92 Å². The molecule has 2 aromatic carbocycles. The summed E-state index contributed by atoms with van der Waals surface area (Å²) >= 11 is 0. The van der Waals surface area contributed by atoms with E-state index in [9.17, 15) is 33.6 Å². The van der Waals surface area contributed by atoms with Crippen LogP contribution in [0.25, 0.3) is 10.9 Å². The van der Waals surface area contributed by atoms with Crippen LogP contribution in [0.5, 0.6) is 0 Å². The van der Waals surface area contributed by atoms with Gasteiger partial charge in [-0.25, -0.2) is 13.4 Å². The molecule has 14 nitrogen and oxygen atoms in total. The van der Waals surface area contributed by atoms with E-state index >= 15 is 0 Å². The highest BCUT2D eigenvalue weighted by Crippen LogP contribution is 2.17.